The Labute approximate surface area is 123 Å². The fourth-order valence-corrected chi connectivity index (χ4v) is 1.77. The molecule has 0 saturated heterocycles. The lowest BCUT2D eigenvalue weighted by Crippen LogP contribution is -2.09. The molecule has 5 nitrogen and oxygen atoms in total. The van der Waals surface area contributed by atoms with Gasteiger partial charge in [-0.2, -0.15) is 0 Å². The highest BCUT2D eigenvalue weighted by atomic mass is 35.5. The summed E-state index contributed by atoms with van der Waals surface area (Å²) in [6, 6.07) is 9.80. The predicted octanol–water partition coefficient (Wildman–Crippen LogP) is 4.12. The van der Waals surface area contributed by atoms with Gasteiger partial charge in [-0.15, -0.1) is 0 Å². The Bertz CT molecular complexity index is 688. The van der Waals surface area contributed by atoms with Gasteiger partial charge in [0.15, 0.2) is 0 Å². The molecule has 102 valence electrons. The molecule has 2 aromatic rings. The Morgan fingerprint density at radius 3 is 2.45 bits per heavy atom. The molecular formula is C13H7Cl2NO4. The molecule has 0 aliphatic heterocycles. The van der Waals surface area contributed by atoms with Crippen LogP contribution in [-0.4, -0.2) is 10.9 Å². The molecule has 0 saturated carbocycles. The second-order valence-electron chi connectivity index (χ2n) is 3.74. The number of nitrogens with zero attached hydrogens (tertiary/aromatic N) is 1. The van der Waals surface area contributed by atoms with E-state index < -0.39 is 10.9 Å². The first-order chi connectivity index (χ1) is 9.49. The van der Waals surface area contributed by atoms with E-state index in [0.29, 0.717) is 5.02 Å². The van der Waals surface area contributed by atoms with E-state index in [0.717, 1.165) is 0 Å². The number of nitro groups is 1. The highest BCUT2D eigenvalue weighted by Gasteiger charge is 2.18. The summed E-state index contributed by atoms with van der Waals surface area (Å²) in [5, 5.41) is 11.3. The summed E-state index contributed by atoms with van der Waals surface area (Å²) >= 11 is 11.5. The van der Waals surface area contributed by atoms with Crippen molar-refractivity contribution in [3.63, 3.8) is 0 Å². The highest BCUT2D eigenvalue weighted by Crippen LogP contribution is 2.28. The number of hydrogen-bond acceptors (Lipinski definition) is 4. The van der Waals surface area contributed by atoms with E-state index in [1.807, 2.05) is 0 Å². The number of carbonyl (C=O) groups is 1. The SMILES string of the molecule is O=C(Oc1ccccc1[N+](=O)[O-])c1ccc(Cl)c(Cl)c1. The summed E-state index contributed by atoms with van der Waals surface area (Å²) in [5.74, 6) is -0.883. The Balaban J connectivity index is 2.28. The molecule has 0 amide bonds. The zero-order chi connectivity index (χ0) is 14.7. The number of benzene rings is 2. The second-order valence-corrected chi connectivity index (χ2v) is 4.56. The first-order valence-electron chi connectivity index (χ1n) is 5.39. The van der Waals surface area contributed by atoms with E-state index in [-0.39, 0.29) is 22.0 Å². The van der Waals surface area contributed by atoms with Gasteiger partial charge in [0.05, 0.1) is 20.5 Å². The molecule has 2 rings (SSSR count). The van der Waals surface area contributed by atoms with Crippen molar-refractivity contribution in [2.24, 2.45) is 0 Å². The summed E-state index contributed by atoms with van der Waals surface area (Å²) in [6.45, 7) is 0. The monoisotopic (exact) mass is 311 g/mol. The zero-order valence-electron chi connectivity index (χ0n) is 9.88. The molecule has 0 atom stereocenters. The number of nitro benzene ring substituents is 1. The Morgan fingerprint density at radius 1 is 1.10 bits per heavy atom. The van der Waals surface area contributed by atoms with Gasteiger partial charge in [0, 0.05) is 6.07 Å². The van der Waals surface area contributed by atoms with Crippen LogP contribution in [0.25, 0.3) is 0 Å². The van der Waals surface area contributed by atoms with Crippen LogP contribution in [-0.2, 0) is 0 Å². The number of rotatable bonds is 3. The van der Waals surface area contributed by atoms with Crippen molar-refractivity contribution in [1.82, 2.24) is 0 Å². The zero-order valence-corrected chi connectivity index (χ0v) is 11.4. The molecule has 7 heteroatoms. The average Bonchev–Trinajstić information content (AvgIpc) is 2.42. The highest BCUT2D eigenvalue weighted by molar-refractivity contribution is 6.42. The minimum absolute atomic E-state index is 0.131. The summed E-state index contributed by atoms with van der Waals surface area (Å²) in [5.41, 5.74) is -0.140. The van der Waals surface area contributed by atoms with E-state index in [9.17, 15) is 14.9 Å². The lowest BCUT2D eigenvalue weighted by Gasteiger charge is -2.05. The van der Waals surface area contributed by atoms with Gasteiger partial charge in [-0.05, 0) is 24.3 Å². The van der Waals surface area contributed by atoms with Crippen molar-refractivity contribution in [3.8, 4) is 5.75 Å². The topological polar surface area (TPSA) is 69.4 Å². The first kappa shape index (κ1) is 14.3. The molecule has 0 spiro atoms. The van der Waals surface area contributed by atoms with Gasteiger partial charge in [-0.1, -0.05) is 35.3 Å². The third-order valence-corrected chi connectivity index (χ3v) is 3.16. The van der Waals surface area contributed by atoms with Gasteiger partial charge >= 0.3 is 11.7 Å². The van der Waals surface area contributed by atoms with E-state index in [1.165, 1.54) is 42.5 Å². The van der Waals surface area contributed by atoms with Crippen LogP contribution in [0.3, 0.4) is 0 Å². The van der Waals surface area contributed by atoms with Gasteiger partial charge < -0.3 is 4.74 Å². The van der Waals surface area contributed by atoms with Crippen LogP contribution in [0.1, 0.15) is 10.4 Å². The molecule has 0 N–H and O–H groups in total. The van der Waals surface area contributed by atoms with Crippen molar-refractivity contribution < 1.29 is 14.5 Å². The molecule has 0 aliphatic carbocycles. The second kappa shape index (κ2) is 5.90. The third kappa shape index (κ3) is 3.07. The molecule has 0 radical (unpaired) electrons. The van der Waals surface area contributed by atoms with Crippen LogP contribution in [0, 0.1) is 10.1 Å². The summed E-state index contributed by atoms with van der Waals surface area (Å²) < 4.78 is 5.01. The summed E-state index contributed by atoms with van der Waals surface area (Å²) in [7, 11) is 0. The van der Waals surface area contributed by atoms with Crippen LogP contribution in [0.4, 0.5) is 5.69 Å². The molecule has 0 bridgehead atoms. The number of halogens is 2. The maximum Gasteiger partial charge on any atom is 0.343 e. The van der Waals surface area contributed by atoms with Crippen molar-refractivity contribution in [1.29, 1.82) is 0 Å². The molecular weight excluding hydrogens is 305 g/mol. The lowest BCUT2D eigenvalue weighted by atomic mass is 10.2. The number of esters is 1. The standard InChI is InChI=1S/C13H7Cl2NO4/c14-9-6-5-8(7-10(9)15)13(17)20-12-4-2-1-3-11(12)16(18)19/h1-7H. The fourth-order valence-electron chi connectivity index (χ4n) is 1.48. The number of ether oxygens (including phenoxy) is 1. The largest absolute Gasteiger partial charge is 0.416 e. The van der Waals surface area contributed by atoms with Gasteiger partial charge in [-0.25, -0.2) is 4.79 Å². The molecule has 2 aromatic carbocycles. The minimum atomic E-state index is -0.752. The fraction of sp³-hybridized carbons (Fsp3) is 0. The maximum absolute atomic E-state index is 11.9. The van der Waals surface area contributed by atoms with Crippen molar-refractivity contribution in [3.05, 3.63) is 68.2 Å². The van der Waals surface area contributed by atoms with Crippen LogP contribution in [0.15, 0.2) is 42.5 Å². The van der Waals surface area contributed by atoms with E-state index in [1.54, 1.807) is 0 Å². The van der Waals surface area contributed by atoms with Gasteiger partial charge in [0.1, 0.15) is 0 Å². The van der Waals surface area contributed by atoms with Crippen molar-refractivity contribution in [2.75, 3.05) is 0 Å². The lowest BCUT2D eigenvalue weighted by molar-refractivity contribution is -0.385. The van der Waals surface area contributed by atoms with Gasteiger partial charge in [-0.3, -0.25) is 10.1 Å². The molecule has 0 aliphatic rings. The Kier molecular flexibility index (Phi) is 4.22. The number of hydrogen-bond donors (Lipinski definition) is 0. The molecule has 0 aromatic heterocycles. The average molecular weight is 312 g/mol. The molecule has 20 heavy (non-hydrogen) atoms. The quantitative estimate of drug-likeness (QED) is 0.370. The van der Waals surface area contributed by atoms with Crippen molar-refractivity contribution in [2.45, 2.75) is 0 Å². The number of carbonyl (C=O) groups excluding carboxylic acids is 1. The Hall–Kier alpha value is -2.11. The predicted molar refractivity (Wildman–Crippen MR) is 74.5 cm³/mol. The normalized spacial score (nSPS) is 10.1. The maximum atomic E-state index is 11.9. The Morgan fingerprint density at radius 2 is 1.80 bits per heavy atom. The third-order valence-electron chi connectivity index (χ3n) is 2.42. The first-order valence-corrected chi connectivity index (χ1v) is 6.15. The number of para-hydroxylation sites is 2. The van der Waals surface area contributed by atoms with E-state index >= 15 is 0 Å². The van der Waals surface area contributed by atoms with Gasteiger partial charge in [0.25, 0.3) is 0 Å². The van der Waals surface area contributed by atoms with Gasteiger partial charge in [0.2, 0.25) is 5.75 Å². The van der Waals surface area contributed by atoms with Crippen LogP contribution in [0.5, 0.6) is 5.75 Å². The summed E-state index contributed by atoms with van der Waals surface area (Å²) in [6.07, 6.45) is 0. The van der Waals surface area contributed by atoms with Crippen LogP contribution < -0.4 is 4.74 Å². The smallest absolute Gasteiger partial charge is 0.343 e. The molecule has 0 fully saturated rings. The van der Waals surface area contributed by atoms with E-state index in [2.05, 4.69) is 0 Å². The summed E-state index contributed by atoms with van der Waals surface area (Å²) in [4.78, 5) is 22.1. The molecule has 0 heterocycles. The van der Waals surface area contributed by atoms with Crippen LogP contribution >= 0.6 is 23.2 Å². The molecule has 0 unspecified atom stereocenters. The minimum Gasteiger partial charge on any atom is -0.416 e. The van der Waals surface area contributed by atoms with Crippen molar-refractivity contribution >= 4 is 34.9 Å². The van der Waals surface area contributed by atoms with E-state index in [4.69, 9.17) is 27.9 Å². The van der Waals surface area contributed by atoms with Crippen LogP contribution in [0.2, 0.25) is 10.0 Å².